The van der Waals surface area contributed by atoms with Gasteiger partial charge in [-0.2, -0.15) is 0 Å². The minimum Gasteiger partial charge on any atom is -0.339 e. The molecule has 0 saturated heterocycles. The summed E-state index contributed by atoms with van der Waals surface area (Å²) < 4.78 is 2.90. The van der Waals surface area contributed by atoms with Gasteiger partial charge in [-0.05, 0) is 39.7 Å². The summed E-state index contributed by atoms with van der Waals surface area (Å²) in [5.74, 6) is 0. The Kier molecular flexibility index (Phi) is 3.36. The summed E-state index contributed by atoms with van der Waals surface area (Å²) in [6.45, 7) is 0.649. The van der Waals surface area contributed by atoms with E-state index >= 15 is 0 Å². The Bertz CT molecular complexity index is 884. The first kappa shape index (κ1) is 13.7. The second-order valence-electron chi connectivity index (χ2n) is 5.11. The summed E-state index contributed by atoms with van der Waals surface area (Å²) in [7, 11) is 0. The molecule has 3 heterocycles. The molecule has 0 saturated carbocycles. The molecule has 0 aliphatic carbocycles. The number of hydrogen-bond donors (Lipinski definition) is 0. The van der Waals surface area contributed by atoms with Crippen molar-refractivity contribution in [2.75, 3.05) is 0 Å². The van der Waals surface area contributed by atoms with Crippen LogP contribution in [0.5, 0.6) is 0 Å². The molecule has 108 valence electrons. The second kappa shape index (κ2) is 5.38. The summed E-state index contributed by atoms with van der Waals surface area (Å²) in [4.78, 5) is 9.03. The maximum absolute atomic E-state index is 6.41. The fourth-order valence-electron chi connectivity index (χ4n) is 2.61. The summed E-state index contributed by atoms with van der Waals surface area (Å²) >= 11 is 9.82. The molecule has 0 atom stereocenters. The van der Waals surface area contributed by atoms with Crippen LogP contribution in [0.1, 0.15) is 11.4 Å². The van der Waals surface area contributed by atoms with E-state index in [0.717, 1.165) is 32.8 Å². The van der Waals surface area contributed by atoms with Gasteiger partial charge in [-0.15, -0.1) is 0 Å². The summed E-state index contributed by atoms with van der Waals surface area (Å²) in [5.41, 5.74) is 4.92. The van der Waals surface area contributed by atoms with Crippen molar-refractivity contribution in [2.24, 2.45) is 4.99 Å². The van der Waals surface area contributed by atoms with Crippen LogP contribution in [0.3, 0.4) is 0 Å². The molecular formula is C17H11BrClN3. The molecule has 2 aromatic heterocycles. The van der Waals surface area contributed by atoms with E-state index in [4.69, 9.17) is 11.6 Å². The topological polar surface area (TPSA) is 30.2 Å². The van der Waals surface area contributed by atoms with Gasteiger partial charge in [0.1, 0.15) is 4.60 Å². The first-order valence-corrected chi connectivity index (χ1v) is 8.03. The fourth-order valence-corrected chi connectivity index (χ4v) is 3.21. The van der Waals surface area contributed by atoms with Crippen LogP contribution in [0.15, 0.2) is 64.3 Å². The van der Waals surface area contributed by atoms with Crippen molar-refractivity contribution in [3.8, 4) is 11.1 Å². The van der Waals surface area contributed by atoms with Gasteiger partial charge in [-0.3, -0.25) is 0 Å². The highest BCUT2D eigenvalue weighted by Crippen LogP contribution is 2.30. The summed E-state index contributed by atoms with van der Waals surface area (Å²) in [6, 6.07) is 16.1. The molecular weight excluding hydrogens is 362 g/mol. The van der Waals surface area contributed by atoms with Crippen molar-refractivity contribution < 1.29 is 0 Å². The average Bonchev–Trinajstić information content (AvgIpc) is 2.90. The van der Waals surface area contributed by atoms with Gasteiger partial charge in [0, 0.05) is 11.8 Å². The second-order valence-corrected chi connectivity index (χ2v) is 6.28. The van der Waals surface area contributed by atoms with Crippen molar-refractivity contribution in [1.29, 1.82) is 0 Å². The lowest BCUT2D eigenvalue weighted by atomic mass is 10.1. The van der Waals surface area contributed by atoms with Crippen LogP contribution in [0.25, 0.3) is 11.1 Å². The number of aromatic nitrogens is 2. The van der Waals surface area contributed by atoms with Gasteiger partial charge >= 0.3 is 0 Å². The highest BCUT2D eigenvalue weighted by Gasteiger charge is 2.18. The van der Waals surface area contributed by atoms with E-state index in [1.807, 2.05) is 30.3 Å². The minimum absolute atomic E-state index is 0.491. The van der Waals surface area contributed by atoms with Gasteiger partial charge in [0.05, 0.1) is 23.6 Å². The van der Waals surface area contributed by atoms with E-state index in [9.17, 15) is 0 Å². The standard InChI is InChI=1S/C17H11BrClN3/c18-16-7-6-13-14(20-16)10-22-9-12(8-15(22)17(19)21-13)11-4-2-1-3-5-11/h1-9H,10H2. The maximum atomic E-state index is 6.41. The van der Waals surface area contributed by atoms with Gasteiger partial charge in [0.15, 0.2) is 5.17 Å². The number of nitrogens with zero attached hydrogens (tertiary/aromatic N) is 3. The molecule has 0 amide bonds. The largest absolute Gasteiger partial charge is 0.339 e. The average molecular weight is 373 g/mol. The molecule has 3 nitrogen and oxygen atoms in total. The molecule has 0 N–H and O–H groups in total. The number of aliphatic imine (C=N–C) groups is 1. The van der Waals surface area contributed by atoms with Crippen LogP contribution in [0.4, 0.5) is 5.69 Å². The maximum Gasteiger partial charge on any atom is 0.153 e. The van der Waals surface area contributed by atoms with Crippen LogP contribution in [-0.2, 0) is 6.54 Å². The molecule has 3 aromatic rings. The number of rotatable bonds is 1. The number of hydrogen-bond acceptors (Lipinski definition) is 2. The number of fused-ring (bicyclic) bond motifs is 2. The lowest BCUT2D eigenvalue weighted by molar-refractivity contribution is 0.779. The van der Waals surface area contributed by atoms with Gasteiger partial charge < -0.3 is 4.57 Å². The third-order valence-corrected chi connectivity index (χ3v) is 4.39. The molecule has 5 heteroatoms. The van der Waals surface area contributed by atoms with Gasteiger partial charge in [-0.25, -0.2) is 9.98 Å². The lowest BCUT2D eigenvalue weighted by Gasteiger charge is -2.05. The summed E-state index contributed by atoms with van der Waals surface area (Å²) in [5, 5.41) is 0.491. The Labute approximate surface area is 141 Å². The normalized spacial score (nSPS) is 13.1. The van der Waals surface area contributed by atoms with Crippen molar-refractivity contribution in [2.45, 2.75) is 6.54 Å². The van der Waals surface area contributed by atoms with Crippen molar-refractivity contribution in [3.05, 3.63) is 70.7 Å². The van der Waals surface area contributed by atoms with E-state index in [1.165, 1.54) is 0 Å². The molecule has 0 bridgehead atoms. The van der Waals surface area contributed by atoms with Crippen LogP contribution < -0.4 is 0 Å². The molecule has 0 spiro atoms. The highest BCUT2D eigenvalue weighted by atomic mass is 79.9. The predicted molar refractivity (Wildman–Crippen MR) is 93.0 cm³/mol. The molecule has 22 heavy (non-hydrogen) atoms. The van der Waals surface area contributed by atoms with Crippen LogP contribution in [0, 0.1) is 0 Å². The number of halogens is 2. The molecule has 0 fully saturated rings. The minimum atomic E-state index is 0.491. The van der Waals surface area contributed by atoms with E-state index in [0.29, 0.717) is 11.7 Å². The van der Waals surface area contributed by atoms with Crippen LogP contribution in [0.2, 0.25) is 0 Å². The van der Waals surface area contributed by atoms with Crippen molar-refractivity contribution >= 4 is 38.4 Å². The SMILES string of the molecule is ClC1=Nc2ccc(Br)nc2Cn2cc(-c3ccccc3)cc21. The Morgan fingerprint density at radius 3 is 2.68 bits per heavy atom. The van der Waals surface area contributed by atoms with E-state index in [-0.39, 0.29) is 0 Å². The first-order chi connectivity index (χ1) is 10.7. The number of pyridine rings is 1. The smallest absolute Gasteiger partial charge is 0.153 e. The van der Waals surface area contributed by atoms with Crippen molar-refractivity contribution in [1.82, 2.24) is 9.55 Å². The van der Waals surface area contributed by atoms with E-state index in [2.05, 4.69) is 54.9 Å². The summed E-state index contributed by atoms with van der Waals surface area (Å²) in [6.07, 6.45) is 2.10. The Hall–Kier alpha value is -1.91. The van der Waals surface area contributed by atoms with Gasteiger partial charge in [0.25, 0.3) is 0 Å². The van der Waals surface area contributed by atoms with E-state index in [1.54, 1.807) is 0 Å². The molecule has 1 aliphatic heterocycles. The van der Waals surface area contributed by atoms with Crippen LogP contribution >= 0.6 is 27.5 Å². The first-order valence-electron chi connectivity index (χ1n) is 6.86. The lowest BCUT2D eigenvalue weighted by Crippen LogP contribution is -2.04. The number of benzene rings is 1. The zero-order valence-corrected chi connectivity index (χ0v) is 13.8. The third-order valence-electron chi connectivity index (χ3n) is 3.67. The Balaban J connectivity index is 1.85. The van der Waals surface area contributed by atoms with Gasteiger partial charge in [0.2, 0.25) is 0 Å². The monoisotopic (exact) mass is 371 g/mol. The van der Waals surface area contributed by atoms with Crippen molar-refractivity contribution in [3.63, 3.8) is 0 Å². The Morgan fingerprint density at radius 1 is 1.05 bits per heavy atom. The van der Waals surface area contributed by atoms with E-state index < -0.39 is 0 Å². The Morgan fingerprint density at radius 2 is 1.86 bits per heavy atom. The molecule has 1 aliphatic rings. The molecule has 0 unspecified atom stereocenters. The quantitative estimate of drug-likeness (QED) is 0.553. The fraction of sp³-hybridized carbons (Fsp3) is 0.0588. The zero-order valence-electron chi connectivity index (χ0n) is 11.5. The zero-order chi connectivity index (χ0) is 15.1. The van der Waals surface area contributed by atoms with Crippen LogP contribution in [-0.4, -0.2) is 14.7 Å². The highest BCUT2D eigenvalue weighted by molar-refractivity contribution is 9.10. The molecule has 4 rings (SSSR count). The predicted octanol–water partition coefficient (Wildman–Crippen LogP) is 4.99. The molecule has 1 aromatic carbocycles. The van der Waals surface area contributed by atoms with Gasteiger partial charge in [-0.1, -0.05) is 41.9 Å². The third kappa shape index (κ3) is 2.38. The molecule has 0 radical (unpaired) electrons.